The predicted octanol–water partition coefficient (Wildman–Crippen LogP) is 3.69. The van der Waals surface area contributed by atoms with Crippen LogP contribution in [-0.2, 0) is 0 Å². The highest BCUT2D eigenvalue weighted by Gasteiger charge is 2.28. The summed E-state index contributed by atoms with van der Waals surface area (Å²) >= 11 is 0. The Morgan fingerprint density at radius 2 is 2.00 bits per heavy atom. The van der Waals surface area contributed by atoms with E-state index < -0.39 is 5.92 Å². The number of carbonyl (C=O) groups excluding carboxylic acids is 1. The van der Waals surface area contributed by atoms with Crippen molar-refractivity contribution < 1.29 is 9.18 Å². The Balaban J connectivity index is 1.97. The summed E-state index contributed by atoms with van der Waals surface area (Å²) in [7, 11) is 0. The zero-order valence-electron chi connectivity index (χ0n) is 14.0. The number of aromatic nitrogens is 3. The van der Waals surface area contributed by atoms with E-state index in [1.165, 1.54) is 6.08 Å². The molecular formula is C20H16FN3O2. The van der Waals surface area contributed by atoms with Crippen molar-refractivity contribution in [2.75, 3.05) is 0 Å². The van der Waals surface area contributed by atoms with E-state index in [-0.39, 0.29) is 29.3 Å². The molecule has 1 aliphatic rings. The quantitative estimate of drug-likeness (QED) is 0.708. The lowest BCUT2D eigenvalue weighted by molar-refractivity contribution is 0.103. The molecule has 2 N–H and O–H groups in total. The van der Waals surface area contributed by atoms with E-state index in [1.807, 2.05) is 6.07 Å². The normalized spacial score (nSPS) is 16.7. The Morgan fingerprint density at radius 1 is 1.23 bits per heavy atom. The minimum atomic E-state index is -0.415. The molecule has 1 aromatic carbocycles. The molecule has 0 saturated carbocycles. The molecule has 0 spiro atoms. The molecule has 0 saturated heterocycles. The molecule has 2 aromatic heterocycles. The molecule has 0 aliphatic heterocycles. The van der Waals surface area contributed by atoms with Crippen molar-refractivity contribution in [1.29, 1.82) is 0 Å². The highest BCUT2D eigenvalue weighted by Crippen LogP contribution is 2.35. The fourth-order valence-electron chi connectivity index (χ4n) is 3.36. The number of fused-ring (bicyclic) bond motifs is 1. The van der Waals surface area contributed by atoms with Crippen molar-refractivity contribution in [2.45, 2.75) is 19.3 Å². The van der Waals surface area contributed by atoms with Gasteiger partial charge < -0.3 is 9.97 Å². The van der Waals surface area contributed by atoms with Crippen LogP contribution in [0.4, 0.5) is 4.39 Å². The first-order valence-corrected chi connectivity index (χ1v) is 8.29. The molecule has 6 heteroatoms. The van der Waals surface area contributed by atoms with Crippen LogP contribution in [0.5, 0.6) is 0 Å². The number of carbonyl (C=O) groups is 1. The van der Waals surface area contributed by atoms with Crippen molar-refractivity contribution in [3.63, 3.8) is 0 Å². The van der Waals surface area contributed by atoms with Crippen molar-refractivity contribution in [3.8, 4) is 0 Å². The van der Waals surface area contributed by atoms with Crippen molar-refractivity contribution in [1.82, 2.24) is 15.0 Å². The molecule has 3 aromatic rings. The van der Waals surface area contributed by atoms with E-state index in [0.29, 0.717) is 28.0 Å². The minimum Gasteiger partial charge on any atom is -0.336 e. The zero-order chi connectivity index (χ0) is 18.3. The molecule has 5 nitrogen and oxygen atoms in total. The van der Waals surface area contributed by atoms with Gasteiger partial charge in [0.25, 0.3) is 5.56 Å². The monoisotopic (exact) mass is 349 g/mol. The van der Waals surface area contributed by atoms with Crippen molar-refractivity contribution >= 4 is 16.8 Å². The predicted molar refractivity (Wildman–Crippen MR) is 97.0 cm³/mol. The van der Waals surface area contributed by atoms with E-state index >= 15 is 0 Å². The summed E-state index contributed by atoms with van der Waals surface area (Å²) < 4.78 is 13.9. The molecule has 2 heterocycles. The lowest BCUT2D eigenvalue weighted by Gasteiger charge is -2.15. The van der Waals surface area contributed by atoms with Gasteiger partial charge in [-0.05, 0) is 13.0 Å². The molecule has 0 fully saturated rings. The van der Waals surface area contributed by atoms with Gasteiger partial charge in [0.1, 0.15) is 17.3 Å². The first-order chi connectivity index (χ1) is 12.5. The van der Waals surface area contributed by atoms with Crippen molar-refractivity contribution in [2.24, 2.45) is 0 Å². The van der Waals surface area contributed by atoms with Crippen molar-refractivity contribution in [3.05, 3.63) is 87.4 Å². The van der Waals surface area contributed by atoms with Crippen LogP contribution in [0.3, 0.4) is 0 Å². The fourth-order valence-corrected chi connectivity index (χ4v) is 3.36. The number of hydrogen-bond donors (Lipinski definition) is 2. The summed E-state index contributed by atoms with van der Waals surface area (Å²) in [6.45, 7) is 1.67. The maximum absolute atomic E-state index is 13.9. The first-order valence-electron chi connectivity index (χ1n) is 8.29. The lowest BCUT2D eigenvalue weighted by atomic mass is 9.88. The molecule has 26 heavy (non-hydrogen) atoms. The number of H-pyrrole nitrogens is 2. The smallest absolute Gasteiger partial charge is 0.260 e. The number of allylic oxidation sites excluding steroid dienone is 4. The Hall–Kier alpha value is -3.28. The number of hydrogen-bond acceptors (Lipinski definition) is 3. The van der Waals surface area contributed by atoms with Gasteiger partial charge in [-0.25, -0.2) is 9.37 Å². The highest BCUT2D eigenvalue weighted by molar-refractivity contribution is 6.11. The highest BCUT2D eigenvalue weighted by atomic mass is 19.1. The lowest BCUT2D eigenvalue weighted by Crippen LogP contribution is -2.13. The molecule has 0 bridgehead atoms. The second-order valence-corrected chi connectivity index (χ2v) is 6.29. The van der Waals surface area contributed by atoms with E-state index in [9.17, 15) is 14.0 Å². The van der Waals surface area contributed by atoms with E-state index in [4.69, 9.17) is 0 Å². The van der Waals surface area contributed by atoms with Crippen LogP contribution in [0.2, 0.25) is 0 Å². The zero-order valence-corrected chi connectivity index (χ0v) is 14.0. The minimum absolute atomic E-state index is 0.103. The molecule has 0 amide bonds. The van der Waals surface area contributed by atoms with Crippen LogP contribution in [0.25, 0.3) is 11.0 Å². The number of nitrogens with one attached hydrogen (secondary N) is 2. The third-order valence-electron chi connectivity index (χ3n) is 4.49. The molecule has 0 radical (unpaired) electrons. The molecule has 130 valence electrons. The van der Waals surface area contributed by atoms with Gasteiger partial charge in [-0.2, -0.15) is 0 Å². The van der Waals surface area contributed by atoms with Gasteiger partial charge in [0, 0.05) is 23.5 Å². The third-order valence-corrected chi connectivity index (χ3v) is 4.49. The number of aryl methyl sites for hydroxylation is 1. The third kappa shape index (κ3) is 2.69. The van der Waals surface area contributed by atoms with E-state index in [0.717, 1.165) is 0 Å². The summed E-state index contributed by atoms with van der Waals surface area (Å²) in [5, 5.41) is 0.305. The number of aromatic amines is 2. The van der Waals surface area contributed by atoms with E-state index in [1.54, 1.807) is 43.3 Å². The Morgan fingerprint density at radius 3 is 2.73 bits per heavy atom. The van der Waals surface area contributed by atoms with Gasteiger partial charge in [-0.15, -0.1) is 0 Å². The Kier molecular flexibility index (Phi) is 3.88. The number of rotatable bonds is 3. The number of benzene rings is 1. The SMILES string of the molecule is Cc1nc2[nH]c(C(=O)c3ccccc3)c(C3C=CC=C(F)C3)c2c(=O)[nH]1. The average Bonchev–Trinajstić information content (AvgIpc) is 3.01. The number of halogens is 1. The van der Waals surface area contributed by atoms with Gasteiger partial charge in [-0.1, -0.05) is 42.5 Å². The Labute approximate surface area is 148 Å². The molecule has 1 aliphatic carbocycles. The first kappa shape index (κ1) is 16.2. The van der Waals surface area contributed by atoms with Gasteiger partial charge in [0.05, 0.1) is 11.1 Å². The van der Waals surface area contributed by atoms with Crippen LogP contribution in [0.1, 0.15) is 39.8 Å². The Bertz CT molecular complexity index is 1120. The maximum atomic E-state index is 13.9. The second kappa shape index (κ2) is 6.22. The average molecular weight is 349 g/mol. The summed E-state index contributed by atoms with van der Waals surface area (Å²) in [5.74, 6) is -0.512. The topological polar surface area (TPSA) is 78.6 Å². The van der Waals surface area contributed by atoms with E-state index in [2.05, 4.69) is 15.0 Å². The van der Waals surface area contributed by atoms with Gasteiger partial charge in [-0.3, -0.25) is 9.59 Å². The summed E-state index contributed by atoms with van der Waals surface area (Å²) in [5.41, 5.74) is 1.25. The van der Waals surface area contributed by atoms with Crippen LogP contribution in [0, 0.1) is 6.92 Å². The van der Waals surface area contributed by atoms with Crippen LogP contribution >= 0.6 is 0 Å². The summed E-state index contributed by atoms with van der Waals surface area (Å²) in [6, 6.07) is 8.78. The fraction of sp³-hybridized carbons (Fsp3) is 0.150. The molecule has 1 atom stereocenters. The maximum Gasteiger partial charge on any atom is 0.260 e. The van der Waals surface area contributed by atoms with Crippen LogP contribution in [-0.4, -0.2) is 20.7 Å². The van der Waals surface area contributed by atoms with Crippen LogP contribution < -0.4 is 5.56 Å². The number of ketones is 1. The summed E-state index contributed by atoms with van der Waals surface area (Å²) in [6.07, 6.45) is 4.89. The van der Waals surface area contributed by atoms with Crippen LogP contribution in [0.15, 0.2) is 59.2 Å². The van der Waals surface area contributed by atoms with Gasteiger partial charge in [0.15, 0.2) is 0 Å². The standard InChI is InChI=1S/C20H16FN3O2/c1-11-22-19-16(20(26)23-11)15(13-8-5-9-14(21)10-13)17(24-19)18(25)12-6-3-2-4-7-12/h2-9,13H,10H2,1H3,(H2,22,23,24,26). The largest absolute Gasteiger partial charge is 0.336 e. The molecule has 4 rings (SSSR count). The van der Waals surface area contributed by atoms with Gasteiger partial charge >= 0.3 is 0 Å². The molecular weight excluding hydrogens is 333 g/mol. The van der Waals surface area contributed by atoms with Gasteiger partial charge in [0.2, 0.25) is 5.78 Å². The number of nitrogens with zero attached hydrogens (tertiary/aromatic N) is 1. The summed E-state index contributed by atoms with van der Waals surface area (Å²) in [4.78, 5) is 35.6. The molecule has 1 unspecified atom stereocenters. The second-order valence-electron chi connectivity index (χ2n) is 6.29.